The van der Waals surface area contributed by atoms with Crippen molar-refractivity contribution in [1.29, 1.82) is 0 Å². The highest BCUT2D eigenvalue weighted by Gasteiger charge is 2.28. The molecule has 0 aromatic heterocycles. The van der Waals surface area contributed by atoms with E-state index in [1.165, 1.54) is 37.7 Å². The summed E-state index contributed by atoms with van der Waals surface area (Å²) < 4.78 is 0. The summed E-state index contributed by atoms with van der Waals surface area (Å²) in [5.41, 5.74) is 1.43. The molecule has 0 heterocycles. The molecule has 1 aromatic rings. The average Bonchev–Trinajstić information content (AvgIpc) is 2.50. The maximum absolute atomic E-state index is 10.4. The van der Waals surface area contributed by atoms with Crippen molar-refractivity contribution in [2.45, 2.75) is 44.6 Å². The standard InChI is InChI=1S/C18H28N2O/c1-20(2)18(13-10-15-6-4-3-5-7-15)17-11-8-16(9-12-17)14-19-21/h3-7,16-18H,8-14H2,1-2H3. The molecule has 1 unspecified atom stereocenters. The van der Waals surface area contributed by atoms with E-state index in [1.807, 2.05) is 0 Å². The number of nitrogens with zero attached hydrogens (tertiary/aromatic N) is 2. The zero-order valence-electron chi connectivity index (χ0n) is 13.4. The maximum Gasteiger partial charge on any atom is 0.0839 e. The van der Waals surface area contributed by atoms with Gasteiger partial charge in [-0.05, 0) is 70.0 Å². The highest BCUT2D eigenvalue weighted by atomic mass is 16.3. The summed E-state index contributed by atoms with van der Waals surface area (Å²) in [4.78, 5) is 12.8. The van der Waals surface area contributed by atoms with Gasteiger partial charge in [0.2, 0.25) is 0 Å². The number of aryl methyl sites for hydroxylation is 1. The average molecular weight is 288 g/mol. The second-order valence-corrected chi connectivity index (χ2v) is 6.65. The van der Waals surface area contributed by atoms with Gasteiger partial charge in [-0.1, -0.05) is 35.5 Å². The smallest absolute Gasteiger partial charge is 0.0839 e. The van der Waals surface area contributed by atoms with E-state index in [0.29, 0.717) is 18.5 Å². The Balaban J connectivity index is 1.86. The van der Waals surface area contributed by atoms with Crippen molar-refractivity contribution >= 4 is 0 Å². The summed E-state index contributed by atoms with van der Waals surface area (Å²) in [7, 11) is 4.41. The van der Waals surface area contributed by atoms with Gasteiger partial charge in [-0.25, -0.2) is 0 Å². The Morgan fingerprint density at radius 3 is 2.38 bits per heavy atom. The van der Waals surface area contributed by atoms with Crippen LogP contribution in [0, 0.1) is 16.7 Å². The van der Waals surface area contributed by atoms with Crippen molar-refractivity contribution in [3.8, 4) is 0 Å². The molecule has 0 bridgehead atoms. The molecule has 1 aliphatic carbocycles. The Morgan fingerprint density at radius 2 is 1.81 bits per heavy atom. The minimum absolute atomic E-state index is 0.517. The van der Waals surface area contributed by atoms with Crippen LogP contribution < -0.4 is 0 Å². The lowest BCUT2D eigenvalue weighted by Gasteiger charge is -2.37. The zero-order chi connectivity index (χ0) is 15.1. The van der Waals surface area contributed by atoms with Crippen molar-refractivity contribution < 1.29 is 0 Å². The molecule has 1 saturated carbocycles. The molecule has 1 aromatic carbocycles. The molecular formula is C18H28N2O. The fraction of sp³-hybridized carbons (Fsp3) is 0.667. The molecule has 116 valence electrons. The Morgan fingerprint density at radius 1 is 1.14 bits per heavy atom. The van der Waals surface area contributed by atoms with Crippen LogP contribution in [0.2, 0.25) is 0 Å². The summed E-state index contributed by atoms with van der Waals surface area (Å²) >= 11 is 0. The Bertz CT molecular complexity index is 410. The Kier molecular flexibility index (Phi) is 6.37. The molecule has 1 fully saturated rings. The zero-order valence-corrected chi connectivity index (χ0v) is 13.4. The van der Waals surface area contributed by atoms with Crippen molar-refractivity contribution in [3.05, 3.63) is 40.8 Å². The fourth-order valence-electron chi connectivity index (χ4n) is 3.74. The van der Waals surface area contributed by atoms with Gasteiger partial charge in [-0.15, -0.1) is 0 Å². The lowest BCUT2D eigenvalue weighted by atomic mass is 9.77. The molecule has 1 aliphatic rings. The second kappa shape index (κ2) is 8.28. The largest absolute Gasteiger partial charge is 0.306 e. The van der Waals surface area contributed by atoms with Crippen LogP contribution in [0.25, 0.3) is 0 Å². The van der Waals surface area contributed by atoms with E-state index in [2.05, 4.69) is 54.5 Å². The first-order chi connectivity index (χ1) is 10.2. The SMILES string of the molecule is CN(C)C(CCc1ccccc1)C1CCC(CN=O)CC1. The van der Waals surface area contributed by atoms with Crippen LogP contribution in [0.15, 0.2) is 35.5 Å². The van der Waals surface area contributed by atoms with Crippen LogP contribution in [0.5, 0.6) is 0 Å². The molecule has 3 nitrogen and oxygen atoms in total. The van der Waals surface area contributed by atoms with Crippen molar-refractivity contribution in [1.82, 2.24) is 4.90 Å². The van der Waals surface area contributed by atoms with Crippen molar-refractivity contribution in [2.75, 3.05) is 20.6 Å². The molecule has 0 aliphatic heterocycles. The van der Waals surface area contributed by atoms with E-state index in [4.69, 9.17) is 0 Å². The van der Waals surface area contributed by atoms with Gasteiger partial charge < -0.3 is 4.90 Å². The molecule has 1 atom stereocenters. The minimum atomic E-state index is 0.517. The van der Waals surface area contributed by atoms with Gasteiger partial charge in [0, 0.05) is 6.04 Å². The van der Waals surface area contributed by atoms with Gasteiger partial charge >= 0.3 is 0 Å². The van der Waals surface area contributed by atoms with E-state index in [0.717, 1.165) is 12.3 Å². The molecule has 0 amide bonds. The molecule has 0 saturated heterocycles. The molecule has 0 N–H and O–H groups in total. The van der Waals surface area contributed by atoms with Crippen LogP contribution in [0.4, 0.5) is 0 Å². The number of nitroso groups, excluding NO2 is 1. The molecular weight excluding hydrogens is 260 g/mol. The van der Waals surface area contributed by atoms with Crippen LogP contribution in [0.1, 0.15) is 37.7 Å². The number of benzene rings is 1. The molecule has 3 heteroatoms. The van der Waals surface area contributed by atoms with Gasteiger partial charge in [0.15, 0.2) is 0 Å². The lowest BCUT2D eigenvalue weighted by molar-refractivity contribution is 0.142. The first-order valence-corrected chi connectivity index (χ1v) is 8.20. The highest BCUT2D eigenvalue weighted by molar-refractivity contribution is 5.14. The van der Waals surface area contributed by atoms with E-state index >= 15 is 0 Å². The van der Waals surface area contributed by atoms with Gasteiger partial charge in [0.1, 0.15) is 0 Å². The van der Waals surface area contributed by atoms with Crippen LogP contribution in [-0.4, -0.2) is 31.6 Å². The summed E-state index contributed by atoms with van der Waals surface area (Å²) in [6, 6.07) is 11.4. The predicted molar refractivity (Wildman–Crippen MR) is 88.3 cm³/mol. The fourth-order valence-corrected chi connectivity index (χ4v) is 3.74. The third-order valence-corrected chi connectivity index (χ3v) is 5.00. The first kappa shape index (κ1) is 16.2. The monoisotopic (exact) mass is 288 g/mol. The van der Waals surface area contributed by atoms with Gasteiger partial charge in [0.05, 0.1) is 6.54 Å². The van der Waals surface area contributed by atoms with Crippen molar-refractivity contribution in [3.63, 3.8) is 0 Å². The Labute approximate surface area is 128 Å². The minimum Gasteiger partial charge on any atom is -0.306 e. The van der Waals surface area contributed by atoms with Gasteiger partial charge in [0.25, 0.3) is 0 Å². The van der Waals surface area contributed by atoms with E-state index < -0.39 is 0 Å². The van der Waals surface area contributed by atoms with Gasteiger partial charge in [-0.3, -0.25) is 0 Å². The Hall–Kier alpha value is -1.22. The normalized spacial score (nSPS) is 24.0. The summed E-state index contributed by atoms with van der Waals surface area (Å²) in [5, 5.41) is 3.08. The number of rotatable bonds is 7. The quantitative estimate of drug-likeness (QED) is 0.707. The van der Waals surface area contributed by atoms with Crippen LogP contribution in [0.3, 0.4) is 0 Å². The van der Waals surface area contributed by atoms with Crippen LogP contribution >= 0.6 is 0 Å². The molecule has 0 radical (unpaired) electrons. The summed E-state index contributed by atoms with van der Waals surface area (Å²) in [6.45, 7) is 0.517. The molecule has 0 spiro atoms. The maximum atomic E-state index is 10.4. The van der Waals surface area contributed by atoms with E-state index in [1.54, 1.807) is 0 Å². The second-order valence-electron chi connectivity index (χ2n) is 6.65. The summed E-state index contributed by atoms with van der Waals surface area (Å²) in [5.74, 6) is 1.31. The molecule has 2 rings (SSSR count). The topological polar surface area (TPSA) is 32.7 Å². The third kappa shape index (κ3) is 4.92. The van der Waals surface area contributed by atoms with Gasteiger partial charge in [-0.2, -0.15) is 4.91 Å². The predicted octanol–water partition coefficient (Wildman–Crippen LogP) is 4.12. The molecule has 21 heavy (non-hydrogen) atoms. The van der Waals surface area contributed by atoms with E-state index in [9.17, 15) is 4.91 Å². The highest BCUT2D eigenvalue weighted by Crippen LogP contribution is 2.33. The third-order valence-electron chi connectivity index (χ3n) is 5.00. The first-order valence-electron chi connectivity index (χ1n) is 8.20. The van der Waals surface area contributed by atoms with E-state index in [-0.39, 0.29) is 0 Å². The van der Waals surface area contributed by atoms with Crippen LogP contribution in [-0.2, 0) is 6.42 Å². The number of hydrogen-bond acceptors (Lipinski definition) is 3. The van der Waals surface area contributed by atoms with Crippen molar-refractivity contribution in [2.24, 2.45) is 17.0 Å². The summed E-state index contributed by atoms with van der Waals surface area (Å²) in [6.07, 6.45) is 7.21. The lowest BCUT2D eigenvalue weighted by Crippen LogP contribution is -2.38. The number of hydrogen-bond donors (Lipinski definition) is 0.